The minimum atomic E-state index is -3.61. The van der Waals surface area contributed by atoms with Gasteiger partial charge in [0.2, 0.25) is 10.0 Å². The van der Waals surface area contributed by atoms with Gasteiger partial charge in [0.05, 0.1) is 9.37 Å². The van der Waals surface area contributed by atoms with Crippen molar-refractivity contribution in [3.63, 3.8) is 0 Å². The molecule has 0 heterocycles. The molecular formula is C12H18BrClN2O2S. The van der Waals surface area contributed by atoms with Crippen molar-refractivity contribution in [3.8, 4) is 0 Å². The van der Waals surface area contributed by atoms with E-state index in [1.165, 1.54) is 12.1 Å². The highest BCUT2D eigenvalue weighted by atomic mass is 79.9. The van der Waals surface area contributed by atoms with Crippen LogP contribution in [0, 0.1) is 5.92 Å². The molecule has 3 N–H and O–H groups in total. The fourth-order valence-electron chi connectivity index (χ4n) is 1.66. The Morgan fingerprint density at radius 1 is 1.37 bits per heavy atom. The van der Waals surface area contributed by atoms with Gasteiger partial charge in [0.15, 0.2) is 0 Å². The average Bonchev–Trinajstić information content (AvgIpc) is 2.34. The van der Waals surface area contributed by atoms with Crippen molar-refractivity contribution in [2.24, 2.45) is 5.92 Å². The SMILES string of the molecule is CCC(CC)CNS(=O)(=O)c1cc(Cl)cc(N)c1Br. The van der Waals surface area contributed by atoms with Gasteiger partial charge >= 0.3 is 0 Å². The van der Waals surface area contributed by atoms with Gasteiger partial charge in [0, 0.05) is 17.3 Å². The lowest BCUT2D eigenvalue weighted by atomic mass is 10.0. The molecule has 0 saturated carbocycles. The second-order valence-corrected chi connectivity index (χ2v) is 7.31. The van der Waals surface area contributed by atoms with Crippen LogP contribution in [0.1, 0.15) is 26.7 Å². The Hall–Kier alpha value is -0.300. The molecule has 0 saturated heterocycles. The summed E-state index contributed by atoms with van der Waals surface area (Å²) in [5.74, 6) is 0.324. The first-order valence-corrected chi connectivity index (χ1v) is 8.71. The molecule has 0 aliphatic carbocycles. The standard InChI is InChI=1S/C12H18BrClN2O2S/c1-3-8(4-2)7-16-19(17,18)11-6-9(14)5-10(15)12(11)13/h5-6,8,16H,3-4,7,15H2,1-2H3. The van der Waals surface area contributed by atoms with Gasteiger partial charge in [-0.15, -0.1) is 0 Å². The van der Waals surface area contributed by atoms with Gasteiger partial charge in [0.1, 0.15) is 0 Å². The number of benzene rings is 1. The van der Waals surface area contributed by atoms with Gasteiger partial charge in [-0.2, -0.15) is 0 Å². The molecule has 0 amide bonds. The summed E-state index contributed by atoms with van der Waals surface area (Å²) in [6, 6.07) is 2.89. The predicted octanol–water partition coefficient (Wildman–Crippen LogP) is 3.40. The lowest BCUT2D eigenvalue weighted by molar-refractivity contribution is 0.479. The molecule has 0 radical (unpaired) electrons. The van der Waals surface area contributed by atoms with Crippen LogP contribution in [0.25, 0.3) is 0 Å². The second-order valence-electron chi connectivity index (χ2n) is 4.34. The molecule has 7 heteroatoms. The topological polar surface area (TPSA) is 72.2 Å². The van der Waals surface area contributed by atoms with Crippen LogP contribution in [0.15, 0.2) is 21.5 Å². The molecule has 108 valence electrons. The monoisotopic (exact) mass is 368 g/mol. The van der Waals surface area contributed by atoms with E-state index in [0.29, 0.717) is 27.6 Å². The number of nitrogens with one attached hydrogen (secondary N) is 1. The molecule has 1 aromatic rings. The summed E-state index contributed by atoms with van der Waals surface area (Å²) in [7, 11) is -3.61. The van der Waals surface area contributed by atoms with Gasteiger partial charge in [-0.3, -0.25) is 0 Å². The summed E-state index contributed by atoms with van der Waals surface area (Å²) in [6.45, 7) is 4.49. The third kappa shape index (κ3) is 4.34. The Labute approximate surface area is 127 Å². The van der Waals surface area contributed by atoms with Crippen LogP contribution in [-0.2, 0) is 10.0 Å². The molecule has 0 bridgehead atoms. The van der Waals surface area contributed by atoms with E-state index < -0.39 is 10.0 Å². The summed E-state index contributed by atoms with van der Waals surface area (Å²) in [6.07, 6.45) is 1.86. The summed E-state index contributed by atoms with van der Waals surface area (Å²) in [5, 5.41) is 0.295. The minimum Gasteiger partial charge on any atom is -0.398 e. The van der Waals surface area contributed by atoms with E-state index >= 15 is 0 Å². The first-order chi connectivity index (χ1) is 8.81. The molecule has 4 nitrogen and oxygen atoms in total. The third-order valence-electron chi connectivity index (χ3n) is 3.04. The third-order valence-corrected chi connectivity index (χ3v) is 5.85. The number of sulfonamides is 1. The largest absolute Gasteiger partial charge is 0.398 e. The normalized spacial score (nSPS) is 12.1. The van der Waals surface area contributed by atoms with Crippen LogP contribution < -0.4 is 10.5 Å². The van der Waals surface area contributed by atoms with Gasteiger partial charge < -0.3 is 5.73 Å². The van der Waals surface area contributed by atoms with Gasteiger partial charge in [-0.25, -0.2) is 13.1 Å². The Balaban J connectivity index is 3.01. The Bertz CT molecular complexity index is 545. The van der Waals surface area contributed by atoms with E-state index in [4.69, 9.17) is 17.3 Å². The smallest absolute Gasteiger partial charge is 0.241 e. The Kier molecular flexibility index (Phi) is 6.11. The highest BCUT2D eigenvalue weighted by molar-refractivity contribution is 9.10. The van der Waals surface area contributed by atoms with Crippen molar-refractivity contribution in [1.82, 2.24) is 4.72 Å². The average molecular weight is 370 g/mol. The van der Waals surface area contributed by atoms with Crippen LogP contribution in [0.2, 0.25) is 5.02 Å². The van der Waals surface area contributed by atoms with Crippen LogP contribution in [0.3, 0.4) is 0 Å². The van der Waals surface area contributed by atoms with E-state index in [1.807, 2.05) is 13.8 Å². The van der Waals surface area contributed by atoms with Crippen molar-refractivity contribution in [2.75, 3.05) is 12.3 Å². The first-order valence-electron chi connectivity index (χ1n) is 6.06. The molecule has 1 aromatic carbocycles. The van der Waals surface area contributed by atoms with Crippen molar-refractivity contribution < 1.29 is 8.42 Å². The van der Waals surface area contributed by atoms with Crippen LogP contribution in [0.4, 0.5) is 5.69 Å². The van der Waals surface area contributed by atoms with E-state index in [1.54, 1.807) is 0 Å². The molecule has 0 aliphatic heterocycles. The number of nitrogens with two attached hydrogens (primary N) is 1. The summed E-state index contributed by atoms with van der Waals surface area (Å²) in [4.78, 5) is 0.0726. The minimum absolute atomic E-state index is 0.0726. The van der Waals surface area contributed by atoms with Crippen molar-refractivity contribution in [2.45, 2.75) is 31.6 Å². The molecule has 19 heavy (non-hydrogen) atoms. The zero-order valence-corrected chi connectivity index (χ0v) is 14.1. The lowest BCUT2D eigenvalue weighted by Gasteiger charge is -2.15. The predicted molar refractivity (Wildman–Crippen MR) is 82.8 cm³/mol. The molecule has 0 atom stereocenters. The fraction of sp³-hybridized carbons (Fsp3) is 0.500. The van der Waals surface area contributed by atoms with E-state index in [9.17, 15) is 8.42 Å². The molecular weight excluding hydrogens is 352 g/mol. The van der Waals surface area contributed by atoms with Crippen molar-refractivity contribution in [3.05, 3.63) is 21.6 Å². The quantitative estimate of drug-likeness (QED) is 0.755. The Morgan fingerprint density at radius 2 is 1.95 bits per heavy atom. The van der Waals surface area contributed by atoms with Crippen molar-refractivity contribution >= 4 is 43.2 Å². The lowest BCUT2D eigenvalue weighted by Crippen LogP contribution is -2.29. The van der Waals surface area contributed by atoms with E-state index in [0.717, 1.165) is 12.8 Å². The number of halogens is 2. The number of hydrogen-bond acceptors (Lipinski definition) is 3. The number of rotatable bonds is 6. The Morgan fingerprint density at radius 3 is 2.47 bits per heavy atom. The highest BCUT2D eigenvalue weighted by Gasteiger charge is 2.20. The summed E-state index contributed by atoms with van der Waals surface area (Å²) >= 11 is 9.04. The number of anilines is 1. The maximum absolute atomic E-state index is 12.2. The van der Waals surface area contributed by atoms with Gasteiger partial charge in [-0.05, 0) is 34.0 Å². The van der Waals surface area contributed by atoms with Crippen LogP contribution in [0.5, 0.6) is 0 Å². The molecule has 1 rings (SSSR count). The van der Waals surface area contributed by atoms with Crippen molar-refractivity contribution in [1.29, 1.82) is 0 Å². The maximum Gasteiger partial charge on any atom is 0.241 e. The summed E-state index contributed by atoms with van der Waals surface area (Å²) in [5.41, 5.74) is 6.00. The number of hydrogen-bond donors (Lipinski definition) is 2. The molecule has 0 fully saturated rings. The highest BCUT2D eigenvalue weighted by Crippen LogP contribution is 2.31. The van der Waals surface area contributed by atoms with E-state index in [-0.39, 0.29) is 4.90 Å². The maximum atomic E-state index is 12.2. The molecule has 0 aromatic heterocycles. The number of nitrogen functional groups attached to an aromatic ring is 1. The molecule has 0 spiro atoms. The first kappa shape index (κ1) is 16.8. The van der Waals surface area contributed by atoms with Crippen LogP contribution >= 0.6 is 27.5 Å². The van der Waals surface area contributed by atoms with E-state index in [2.05, 4.69) is 20.7 Å². The van der Waals surface area contributed by atoms with Crippen LogP contribution in [-0.4, -0.2) is 15.0 Å². The fourth-order valence-corrected chi connectivity index (χ4v) is 4.07. The zero-order chi connectivity index (χ0) is 14.6. The molecule has 0 unspecified atom stereocenters. The zero-order valence-electron chi connectivity index (χ0n) is 10.9. The van der Waals surface area contributed by atoms with Gasteiger partial charge in [-0.1, -0.05) is 38.3 Å². The second kappa shape index (κ2) is 6.92. The molecule has 0 aliphatic rings. The van der Waals surface area contributed by atoms with Gasteiger partial charge in [0.25, 0.3) is 0 Å². The summed E-state index contributed by atoms with van der Waals surface area (Å²) < 4.78 is 27.4.